The van der Waals surface area contributed by atoms with Gasteiger partial charge >= 0.3 is 0 Å². The Morgan fingerprint density at radius 3 is 3.06 bits per heavy atom. The lowest BCUT2D eigenvalue weighted by Gasteiger charge is -2.12. The first-order valence-corrected chi connectivity index (χ1v) is 8.93. The minimum absolute atomic E-state index is 0.0201. The summed E-state index contributed by atoms with van der Waals surface area (Å²) in [5.41, 5.74) is 5.68. The van der Waals surface area contributed by atoms with E-state index in [0.29, 0.717) is 10.7 Å². The van der Waals surface area contributed by atoms with Crippen LogP contribution in [0.3, 0.4) is 0 Å². The number of nitrogens with zero attached hydrogens (tertiary/aromatic N) is 2. The van der Waals surface area contributed by atoms with Gasteiger partial charge in [-0.1, -0.05) is 0 Å². The molecule has 6 nitrogen and oxygen atoms in total. The third-order valence-corrected chi connectivity index (χ3v) is 5.49. The van der Waals surface area contributed by atoms with E-state index in [4.69, 9.17) is 5.73 Å². The van der Waals surface area contributed by atoms with Crippen molar-refractivity contribution in [2.24, 2.45) is 0 Å². The van der Waals surface area contributed by atoms with Gasteiger partial charge in [-0.25, -0.2) is 18.1 Å². The van der Waals surface area contributed by atoms with Gasteiger partial charge in [-0.3, -0.25) is 4.40 Å². The number of imidazole rings is 1. The fourth-order valence-corrected chi connectivity index (χ4v) is 4.57. The Labute approximate surface area is 114 Å². The van der Waals surface area contributed by atoms with Crippen LogP contribution in [0.4, 0.5) is 5.82 Å². The number of nitrogens with one attached hydrogen (secondary N) is 1. The van der Waals surface area contributed by atoms with Crippen molar-refractivity contribution in [1.29, 1.82) is 0 Å². The second-order valence-corrected chi connectivity index (χ2v) is 7.25. The van der Waals surface area contributed by atoms with Gasteiger partial charge in [0.15, 0.2) is 15.8 Å². The molecule has 0 aromatic carbocycles. The standard InChI is InChI=1S/C9H14N4O2S3/c1-6(5-16-2)12-18(14,15)8-7(10)11-9-13(8)3-4-17-9/h3-4,6,12H,5,10H2,1-2H3. The number of thioether (sulfide) groups is 1. The first kappa shape index (κ1) is 13.7. The third-order valence-electron chi connectivity index (χ3n) is 2.27. The summed E-state index contributed by atoms with van der Waals surface area (Å²) < 4.78 is 28.6. The summed E-state index contributed by atoms with van der Waals surface area (Å²) >= 11 is 2.92. The summed E-state index contributed by atoms with van der Waals surface area (Å²) in [4.78, 5) is 4.60. The molecule has 1 atom stereocenters. The summed E-state index contributed by atoms with van der Waals surface area (Å²) in [6, 6.07) is -0.159. The van der Waals surface area contributed by atoms with Crippen molar-refractivity contribution in [2.45, 2.75) is 18.0 Å². The molecule has 0 saturated carbocycles. The predicted molar refractivity (Wildman–Crippen MR) is 75.6 cm³/mol. The van der Waals surface area contributed by atoms with Gasteiger partial charge < -0.3 is 5.73 Å². The maximum absolute atomic E-state index is 12.3. The van der Waals surface area contributed by atoms with Crippen molar-refractivity contribution in [3.63, 3.8) is 0 Å². The van der Waals surface area contributed by atoms with E-state index < -0.39 is 10.0 Å². The molecule has 2 heterocycles. The number of nitrogens with two attached hydrogens (primary N) is 1. The Morgan fingerprint density at radius 1 is 1.67 bits per heavy atom. The Balaban J connectivity index is 2.40. The zero-order chi connectivity index (χ0) is 13.3. The third kappa shape index (κ3) is 2.48. The van der Waals surface area contributed by atoms with Crippen molar-refractivity contribution >= 4 is 43.9 Å². The smallest absolute Gasteiger partial charge is 0.260 e. The number of nitrogen functional groups attached to an aromatic ring is 1. The van der Waals surface area contributed by atoms with Gasteiger partial charge in [0.05, 0.1) is 0 Å². The van der Waals surface area contributed by atoms with Gasteiger partial charge in [0.2, 0.25) is 0 Å². The maximum atomic E-state index is 12.3. The van der Waals surface area contributed by atoms with Gasteiger partial charge in [0.1, 0.15) is 0 Å². The number of hydrogen-bond donors (Lipinski definition) is 2. The molecule has 18 heavy (non-hydrogen) atoms. The number of hydrogen-bond acceptors (Lipinski definition) is 6. The molecule has 0 bridgehead atoms. The molecule has 1 unspecified atom stereocenters. The molecule has 9 heteroatoms. The summed E-state index contributed by atoms with van der Waals surface area (Å²) in [5.74, 6) is 0.732. The van der Waals surface area contributed by atoms with Crippen LogP contribution >= 0.6 is 23.1 Å². The summed E-state index contributed by atoms with van der Waals surface area (Å²) in [7, 11) is -3.65. The quantitative estimate of drug-likeness (QED) is 0.860. The SMILES string of the molecule is CSCC(C)NS(=O)(=O)c1c(N)nc2sccn12. The van der Waals surface area contributed by atoms with E-state index in [1.165, 1.54) is 15.7 Å². The Hall–Kier alpha value is -0.770. The largest absolute Gasteiger partial charge is 0.381 e. The van der Waals surface area contributed by atoms with Crippen molar-refractivity contribution in [3.8, 4) is 0 Å². The van der Waals surface area contributed by atoms with Crippen LogP contribution in [0.1, 0.15) is 6.92 Å². The first-order chi connectivity index (χ1) is 8.45. The number of fused-ring (bicyclic) bond motifs is 1. The minimum Gasteiger partial charge on any atom is -0.381 e. The van der Waals surface area contributed by atoms with Gasteiger partial charge in [-0.15, -0.1) is 11.3 Å². The van der Waals surface area contributed by atoms with Crippen LogP contribution in [0, 0.1) is 0 Å². The van der Waals surface area contributed by atoms with E-state index in [1.54, 1.807) is 23.3 Å². The fraction of sp³-hybridized carbons (Fsp3) is 0.444. The van der Waals surface area contributed by atoms with Gasteiger partial charge in [-0.05, 0) is 13.2 Å². The zero-order valence-corrected chi connectivity index (χ0v) is 12.4. The average Bonchev–Trinajstić information content (AvgIpc) is 2.75. The molecule has 3 N–H and O–H groups in total. The van der Waals surface area contributed by atoms with Gasteiger partial charge in [0, 0.05) is 23.4 Å². The summed E-state index contributed by atoms with van der Waals surface area (Å²) in [6.07, 6.45) is 3.58. The molecular formula is C9H14N4O2S3. The molecule has 100 valence electrons. The lowest BCUT2D eigenvalue weighted by molar-refractivity contribution is 0.567. The number of thiazole rings is 1. The highest BCUT2D eigenvalue weighted by molar-refractivity contribution is 7.98. The van der Waals surface area contributed by atoms with E-state index in [1.807, 2.05) is 13.2 Å². The van der Waals surface area contributed by atoms with Crippen LogP contribution in [0.15, 0.2) is 16.6 Å². The predicted octanol–water partition coefficient (Wildman–Crippen LogP) is 1.01. The van der Waals surface area contributed by atoms with Crippen LogP contribution < -0.4 is 10.5 Å². The second kappa shape index (κ2) is 5.08. The van der Waals surface area contributed by atoms with Crippen molar-refractivity contribution in [3.05, 3.63) is 11.6 Å². The molecule has 0 amide bonds. The van der Waals surface area contributed by atoms with Crippen LogP contribution in [-0.2, 0) is 10.0 Å². The highest BCUT2D eigenvalue weighted by Crippen LogP contribution is 2.23. The number of rotatable bonds is 5. The zero-order valence-electron chi connectivity index (χ0n) is 9.95. The monoisotopic (exact) mass is 306 g/mol. The summed E-state index contributed by atoms with van der Waals surface area (Å²) in [5, 5.41) is 1.79. The molecule has 0 aliphatic rings. The average molecular weight is 306 g/mol. The number of sulfonamides is 1. The molecule has 0 spiro atoms. The molecule has 0 aliphatic heterocycles. The van der Waals surface area contributed by atoms with E-state index in [2.05, 4.69) is 9.71 Å². The number of aromatic nitrogens is 2. The number of anilines is 1. The van der Waals surface area contributed by atoms with E-state index >= 15 is 0 Å². The van der Waals surface area contributed by atoms with E-state index in [0.717, 1.165) is 0 Å². The highest BCUT2D eigenvalue weighted by atomic mass is 32.2. The van der Waals surface area contributed by atoms with Crippen LogP contribution in [0.5, 0.6) is 0 Å². The summed E-state index contributed by atoms with van der Waals surface area (Å²) in [6.45, 7) is 1.82. The van der Waals surface area contributed by atoms with Crippen molar-refractivity contribution in [1.82, 2.24) is 14.1 Å². The molecule has 0 saturated heterocycles. The molecule has 0 fully saturated rings. The molecule has 2 aromatic heterocycles. The first-order valence-electron chi connectivity index (χ1n) is 5.18. The van der Waals surface area contributed by atoms with Crippen molar-refractivity contribution < 1.29 is 8.42 Å². The van der Waals surface area contributed by atoms with Crippen LogP contribution in [0.2, 0.25) is 0 Å². The normalized spacial score (nSPS) is 14.1. The highest BCUT2D eigenvalue weighted by Gasteiger charge is 2.25. The van der Waals surface area contributed by atoms with Gasteiger partial charge in [0.25, 0.3) is 10.0 Å². The van der Waals surface area contributed by atoms with Crippen LogP contribution in [-0.4, -0.2) is 35.9 Å². The maximum Gasteiger partial charge on any atom is 0.260 e. The lowest BCUT2D eigenvalue weighted by atomic mass is 10.4. The molecule has 0 radical (unpaired) electrons. The molecule has 2 aromatic rings. The fourth-order valence-electron chi connectivity index (χ4n) is 1.65. The van der Waals surface area contributed by atoms with Crippen molar-refractivity contribution in [2.75, 3.05) is 17.7 Å². The van der Waals surface area contributed by atoms with Gasteiger partial charge in [-0.2, -0.15) is 11.8 Å². The molecule has 2 rings (SSSR count). The minimum atomic E-state index is -3.65. The molecule has 0 aliphatic carbocycles. The molecular weight excluding hydrogens is 292 g/mol. The Bertz CT molecular complexity index is 646. The second-order valence-electron chi connectivity index (χ2n) is 3.84. The van der Waals surface area contributed by atoms with E-state index in [-0.39, 0.29) is 16.9 Å². The van der Waals surface area contributed by atoms with E-state index in [9.17, 15) is 8.42 Å². The Kier molecular flexibility index (Phi) is 3.85. The Morgan fingerprint density at radius 2 is 2.39 bits per heavy atom. The van der Waals surface area contributed by atoms with Crippen LogP contribution in [0.25, 0.3) is 4.96 Å². The lowest BCUT2D eigenvalue weighted by Crippen LogP contribution is -2.35. The topological polar surface area (TPSA) is 89.5 Å².